The number of aromatic amines is 1. The summed E-state index contributed by atoms with van der Waals surface area (Å²) in [6, 6.07) is 2.78. The normalized spacial score (nSPS) is 26.2. The third-order valence-electron chi connectivity index (χ3n) is 7.24. The number of nitrogens with one attached hydrogen (secondary N) is 2. The van der Waals surface area contributed by atoms with E-state index in [1.165, 1.54) is 35.1 Å². The molecule has 2 saturated heterocycles. The summed E-state index contributed by atoms with van der Waals surface area (Å²) in [6.07, 6.45) is 7.60. The van der Waals surface area contributed by atoms with Crippen LogP contribution in [0.3, 0.4) is 0 Å². The van der Waals surface area contributed by atoms with Crippen LogP contribution in [0, 0.1) is 0 Å². The predicted molar refractivity (Wildman–Crippen MR) is 109 cm³/mol. The van der Waals surface area contributed by atoms with Gasteiger partial charge in [0, 0.05) is 24.8 Å². The standard InChI is InChI=1S/C20H26N6O2S/c1-25-11-17-16(25)8-9-26(17)29(27,28)20-22-19(23-24-20)21-18-14-6-2-4-12(14)10-13-5-3-7-15(13)18/h10,16-17H,2-9,11H2,1H3,(H2,21,22,23,24)/t16-,17-/m0/s1. The Morgan fingerprint density at radius 3 is 2.45 bits per heavy atom. The number of hydrogen-bond donors (Lipinski definition) is 2. The summed E-state index contributed by atoms with van der Waals surface area (Å²) in [5.74, 6) is 0.416. The molecule has 4 aliphatic rings. The van der Waals surface area contributed by atoms with Gasteiger partial charge in [-0.25, -0.2) is 8.42 Å². The molecular weight excluding hydrogens is 388 g/mol. The van der Waals surface area contributed by atoms with Gasteiger partial charge in [-0.15, -0.1) is 10.2 Å². The lowest BCUT2D eigenvalue weighted by Gasteiger charge is -2.43. The Morgan fingerprint density at radius 2 is 1.79 bits per heavy atom. The van der Waals surface area contributed by atoms with Gasteiger partial charge >= 0.3 is 0 Å². The Labute approximate surface area is 170 Å². The van der Waals surface area contributed by atoms with Gasteiger partial charge < -0.3 is 10.2 Å². The lowest BCUT2D eigenvalue weighted by atomic mass is 9.99. The second-order valence-corrected chi connectivity index (χ2v) is 10.6. The van der Waals surface area contributed by atoms with Gasteiger partial charge in [0.05, 0.1) is 6.04 Å². The SMILES string of the molecule is CN1C[C@H]2[C@@H]1CCN2S(=O)(=O)c1nnc(Nc2c3c(cc4c2CCC4)CCC3)[nH]1. The molecule has 2 aliphatic heterocycles. The summed E-state index contributed by atoms with van der Waals surface area (Å²) >= 11 is 0. The number of likely N-dealkylation sites (N-methyl/N-ethyl adjacent to an activating group) is 1. The van der Waals surface area contributed by atoms with Crippen LogP contribution >= 0.6 is 0 Å². The summed E-state index contributed by atoms with van der Waals surface area (Å²) < 4.78 is 27.8. The number of anilines is 2. The molecule has 0 bridgehead atoms. The number of sulfonamides is 1. The van der Waals surface area contributed by atoms with Crippen LogP contribution in [-0.4, -0.2) is 65.0 Å². The monoisotopic (exact) mass is 414 g/mol. The molecule has 0 saturated carbocycles. The molecule has 9 heteroatoms. The maximum atomic E-state index is 13.1. The first-order valence-electron chi connectivity index (χ1n) is 10.6. The molecular formula is C20H26N6O2S. The van der Waals surface area contributed by atoms with Crippen molar-refractivity contribution in [2.45, 2.75) is 62.2 Å². The molecule has 0 radical (unpaired) electrons. The minimum Gasteiger partial charge on any atom is -0.324 e. The quantitative estimate of drug-likeness (QED) is 0.789. The number of H-pyrrole nitrogens is 1. The molecule has 0 amide bonds. The molecule has 3 heterocycles. The molecule has 0 unspecified atom stereocenters. The van der Waals surface area contributed by atoms with Crippen LogP contribution in [0.1, 0.15) is 41.5 Å². The molecule has 6 rings (SSSR count). The Hall–Kier alpha value is -1.97. The number of hydrogen-bond acceptors (Lipinski definition) is 6. The van der Waals surface area contributed by atoms with E-state index in [4.69, 9.17) is 0 Å². The first kappa shape index (κ1) is 17.9. The van der Waals surface area contributed by atoms with Gasteiger partial charge in [-0.3, -0.25) is 4.98 Å². The van der Waals surface area contributed by atoms with E-state index in [0.29, 0.717) is 18.5 Å². The number of benzene rings is 1. The fourth-order valence-electron chi connectivity index (χ4n) is 5.74. The van der Waals surface area contributed by atoms with E-state index in [2.05, 4.69) is 31.5 Å². The van der Waals surface area contributed by atoms with Gasteiger partial charge in [-0.1, -0.05) is 6.07 Å². The molecule has 154 valence electrons. The summed E-state index contributed by atoms with van der Waals surface area (Å²) in [5, 5.41) is 11.5. The molecule has 2 aromatic rings. The molecule has 0 spiro atoms. The Bertz CT molecular complexity index is 1060. The minimum absolute atomic E-state index is 0.0561. The largest absolute Gasteiger partial charge is 0.324 e. The van der Waals surface area contributed by atoms with E-state index in [1.807, 2.05) is 7.05 Å². The van der Waals surface area contributed by atoms with E-state index < -0.39 is 10.0 Å². The summed E-state index contributed by atoms with van der Waals surface area (Å²) in [7, 11) is -1.60. The zero-order valence-corrected chi connectivity index (χ0v) is 17.4. The van der Waals surface area contributed by atoms with Crippen molar-refractivity contribution in [1.29, 1.82) is 0 Å². The summed E-state index contributed by atoms with van der Waals surface area (Å²) in [5.41, 5.74) is 6.72. The lowest BCUT2D eigenvalue weighted by Crippen LogP contribution is -2.60. The molecule has 2 fully saturated rings. The Morgan fingerprint density at radius 1 is 1.07 bits per heavy atom. The highest BCUT2D eigenvalue weighted by Gasteiger charge is 2.50. The third kappa shape index (κ3) is 2.60. The van der Waals surface area contributed by atoms with Gasteiger partial charge in [0.1, 0.15) is 0 Å². The van der Waals surface area contributed by atoms with Crippen molar-refractivity contribution in [1.82, 2.24) is 24.4 Å². The van der Waals surface area contributed by atoms with Crippen LogP contribution in [0.25, 0.3) is 0 Å². The van der Waals surface area contributed by atoms with Gasteiger partial charge in [-0.2, -0.15) is 4.31 Å². The highest BCUT2D eigenvalue weighted by atomic mass is 32.2. The molecule has 8 nitrogen and oxygen atoms in total. The maximum absolute atomic E-state index is 13.1. The van der Waals surface area contributed by atoms with Gasteiger partial charge in [-0.05, 0) is 74.2 Å². The van der Waals surface area contributed by atoms with Crippen LogP contribution in [0.4, 0.5) is 11.6 Å². The first-order chi connectivity index (χ1) is 14.0. The van der Waals surface area contributed by atoms with Crippen LogP contribution < -0.4 is 5.32 Å². The van der Waals surface area contributed by atoms with Crippen molar-refractivity contribution < 1.29 is 8.42 Å². The second kappa shape index (κ2) is 6.26. The number of fused-ring (bicyclic) bond motifs is 3. The average Bonchev–Trinajstić information content (AvgIpc) is 3.46. The number of likely N-dealkylation sites (tertiary alicyclic amines) is 1. The maximum Gasteiger partial charge on any atom is 0.278 e. The van der Waals surface area contributed by atoms with Crippen molar-refractivity contribution in [2.75, 3.05) is 25.5 Å². The number of aryl methyl sites for hydroxylation is 2. The summed E-state index contributed by atoms with van der Waals surface area (Å²) in [6.45, 7) is 1.33. The minimum atomic E-state index is -3.65. The van der Waals surface area contributed by atoms with E-state index in [-0.39, 0.29) is 11.2 Å². The van der Waals surface area contributed by atoms with E-state index in [0.717, 1.165) is 44.3 Å². The van der Waals surface area contributed by atoms with Crippen molar-refractivity contribution in [3.63, 3.8) is 0 Å². The molecule has 2 atom stereocenters. The van der Waals surface area contributed by atoms with Crippen LogP contribution in [0.2, 0.25) is 0 Å². The van der Waals surface area contributed by atoms with Gasteiger partial charge in [0.2, 0.25) is 5.95 Å². The fraction of sp³-hybridized carbons (Fsp3) is 0.600. The van der Waals surface area contributed by atoms with Crippen LogP contribution in [-0.2, 0) is 35.7 Å². The van der Waals surface area contributed by atoms with Gasteiger partial charge in [0.25, 0.3) is 15.2 Å². The van der Waals surface area contributed by atoms with E-state index in [9.17, 15) is 8.42 Å². The highest BCUT2D eigenvalue weighted by Crippen LogP contribution is 2.40. The van der Waals surface area contributed by atoms with E-state index in [1.54, 1.807) is 4.31 Å². The third-order valence-corrected chi connectivity index (χ3v) is 8.98. The van der Waals surface area contributed by atoms with E-state index >= 15 is 0 Å². The number of rotatable bonds is 4. The average molecular weight is 415 g/mol. The smallest absolute Gasteiger partial charge is 0.278 e. The van der Waals surface area contributed by atoms with Crippen molar-refractivity contribution in [2.24, 2.45) is 0 Å². The highest BCUT2D eigenvalue weighted by molar-refractivity contribution is 7.89. The Balaban J connectivity index is 1.30. The predicted octanol–water partition coefficient (Wildman–Crippen LogP) is 1.60. The first-order valence-corrected chi connectivity index (χ1v) is 12.0. The number of nitrogens with zero attached hydrogens (tertiary/aromatic N) is 4. The molecule has 2 N–H and O–H groups in total. The lowest BCUT2D eigenvalue weighted by molar-refractivity contribution is 0.0773. The van der Waals surface area contributed by atoms with Crippen LogP contribution in [0.5, 0.6) is 0 Å². The molecule has 1 aromatic carbocycles. The molecule has 1 aromatic heterocycles. The zero-order chi connectivity index (χ0) is 19.8. The fourth-order valence-corrected chi connectivity index (χ4v) is 7.24. The zero-order valence-electron chi connectivity index (χ0n) is 16.6. The molecule has 2 aliphatic carbocycles. The van der Waals surface area contributed by atoms with Crippen LogP contribution in [0.15, 0.2) is 11.2 Å². The van der Waals surface area contributed by atoms with Crippen molar-refractivity contribution in [3.05, 3.63) is 28.3 Å². The van der Waals surface area contributed by atoms with Crippen molar-refractivity contribution >= 4 is 21.7 Å². The van der Waals surface area contributed by atoms with Crippen molar-refractivity contribution in [3.8, 4) is 0 Å². The number of aromatic nitrogens is 3. The topological polar surface area (TPSA) is 94.2 Å². The second-order valence-electron chi connectivity index (χ2n) is 8.82. The van der Waals surface area contributed by atoms with Gasteiger partial charge in [0.15, 0.2) is 0 Å². The molecule has 29 heavy (non-hydrogen) atoms. The summed E-state index contributed by atoms with van der Waals surface area (Å²) in [4.78, 5) is 5.17. The Kier molecular flexibility index (Phi) is 3.86.